The van der Waals surface area contributed by atoms with Crippen LogP contribution in [-0.4, -0.2) is 14.1 Å². The van der Waals surface area contributed by atoms with Crippen molar-refractivity contribution in [3.8, 4) is 95.6 Å². The van der Waals surface area contributed by atoms with Crippen LogP contribution in [0.2, 0.25) is 0 Å². The molecule has 14 aromatic rings. The van der Waals surface area contributed by atoms with Crippen LogP contribution in [0.5, 0.6) is 0 Å². The number of hydrogen-bond donors (Lipinski definition) is 0. The minimum Gasteiger partial charge on any atom is -0.308 e. The predicted octanol–water partition coefficient (Wildman–Crippen LogP) is 18.8. The van der Waals surface area contributed by atoms with Crippen molar-refractivity contribution >= 4 is 43.6 Å². The molecule has 0 radical (unpaired) electrons. The first-order chi connectivity index (χ1) is 37.7. The molecule has 4 nitrogen and oxygen atoms in total. The zero-order valence-corrected chi connectivity index (χ0v) is 41.3. The highest BCUT2D eigenvalue weighted by atomic mass is 15.0. The van der Waals surface area contributed by atoms with Gasteiger partial charge in [-0.2, -0.15) is 5.26 Å². The summed E-state index contributed by atoms with van der Waals surface area (Å²) in [6.45, 7) is 0. The van der Waals surface area contributed by atoms with Crippen molar-refractivity contribution in [3.05, 3.63) is 285 Å². The summed E-state index contributed by atoms with van der Waals surface area (Å²) in [4.78, 5) is 5.41. The monoisotopic (exact) mass is 966 g/mol. The topological polar surface area (TPSA) is 46.5 Å². The molecule has 11 aromatic carbocycles. The largest absolute Gasteiger partial charge is 0.308 e. The van der Waals surface area contributed by atoms with E-state index in [2.05, 4.69) is 282 Å². The molecule has 0 bridgehead atoms. The summed E-state index contributed by atoms with van der Waals surface area (Å²) in [6.07, 6.45) is 0. The van der Waals surface area contributed by atoms with E-state index in [0.29, 0.717) is 5.56 Å². The molecule has 0 unspecified atom stereocenters. The Morgan fingerprint density at radius 1 is 0.289 bits per heavy atom. The summed E-state index contributed by atoms with van der Waals surface area (Å²) in [5.41, 5.74) is 21.3. The predicted molar refractivity (Wildman–Crippen MR) is 316 cm³/mol. The van der Waals surface area contributed by atoms with Crippen molar-refractivity contribution < 1.29 is 0 Å². The van der Waals surface area contributed by atoms with E-state index in [1.807, 2.05) is 12.1 Å². The normalized spacial score (nSPS) is 11.4. The third kappa shape index (κ3) is 7.41. The fraction of sp³-hybridized carbons (Fsp3) is 0. The molecule has 0 atom stereocenters. The lowest BCUT2D eigenvalue weighted by atomic mass is 9.92. The van der Waals surface area contributed by atoms with E-state index in [-0.39, 0.29) is 0 Å². The number of aromatic nitrogens is 3. The van der Waals surface area contributed by atoms with Crippen molar-refractivity contribution in [1.82, 2.24) is 14.1 Å². The minimum atomic E-state index is 0.544. The quantitative estimate of drug-likeness (QED) is 0.145. The SMILES string of the molecule is N#Cc1cc(-n2c3ccccc3c3c(-c4ccccc4-c4ccccc4)cccc32)c(-c2cc(-c3ccccc3)nc(-c3ccccc3)c2)c(-n2c3ccccc3c3c(-c4ccccc4-c4ccccc4)cccc32)c1. The second-order valence-corrected chi connectivity index (χ2v) is 19.3. The molecule has 3 aromatic heterocycles. The summed E-state index contributed by atoms with van der Waals surface area (Å²) in [5.74, 6) is 0. The first-order valence-electron chi connectivity index (χ1n) is 25.8. The summed E-state index contributed by atoms with van der Waals surface area (Å²) < 4.78 is 4.80. The van der Waals surface area contributed by atoms with E-state index in [0.717, 1.165) is 133 Å². The molecule has 4 heteroatoms. The zero-order valence-electron chi connectivity index (χ0n) is 41.3. The van der Waals surface area contributed by atoms with E-state index in [4.69, 9.17) is 4.98 Å². The fourth-order valence-corrected chi connectivity index (χ4v) is 11.7. The van der Waals surface area contributed by atoms with Gasteiger partial charge in [0.2, 0.25) is 0 Å². The third-order valence-corrected chi connectivity index (χ3v) is 15.0. The van der Waals surface area contributed by atoms with Gasteiger partial charge in [0.05, 0.1) is 56.5 Å². The van der Waals surface area contributed by atoms with E-state index >= 15 is 0 Å². The Kier molecular flexibility index (Phi) is 10.9. The first-order valence-corrected chi connectivity index (χ1v) is 25.8. The summed E-state index contributed by atoms with van der Waals surface area (Å²) in [7, 11) is 0. The van der Waals surface area contributed by atoms with Gasteiger partial charge in [-0.15, -0.1) is 0 Å². The van der Waals surface area contributed by atoms with Crippen LogP contribution in [0.4, 0.5) is 0 Å². The van der Waals surface area contributed by atoms with Crippen molar-refractivity contribution in [1.29, 1.82) is 5.26 Å². The number of pyridine rings is 1. The van der Waals surface area contributed by atoms with Gasteiger partial charge in [0.15, 0.2) is 0 Å². The zero-order chi connectivity index (χ0) is 50.5. The van der Waals surface area contributed by atoms with Crippen molar-refractivity contribution in [3.63, 3.8) is 0 Å². The second kappa shape index (κ2) is 18.6. The number of para-hydroxylation sites is 2. The molecule has 0 N–H and O–H groups in total. The highest BCUT2D eigenvalue weighted by Gasteiger charge is 2.27. The Bertz CT molecular complexity index is 4280. The minimum absolute atomic E-state index is 0.544. The molecule has 0 aliphatic carbocycles. The molecular weight excluding hydrogens is 921 g/mol. The van der Waals surface area contributed by atoms with Crippen molar-refractivity contribution in [2.45, 2.75) is 0 Å². The van der Waals surface area contributed by atoms with Crippen LogP contribution < -0.4 is 0 Å². The molecule has 0 spiro atoms. The average molecular weight is 967 g/mol. The number of rotatable bonds is 9. The molecule has 0 amide bonds. The van der Waals surface area contributed by atoms with Crippen LogP contribution in [0, 0.1) is 11.3 Å². The maximum atomic E-state index is 11.4. The van der Waals surface area contributed by atoms with Crippen LogP contribution in [0.15, 0.2) is 279 Å². The van der Waals surface area contributed by atoms with Crippen LogP contribution in [0.25, 0.3) is 133 Å². The van der Waals surface area contributed by atoms with Crippen LogP contribution in [0.3, 0.4) is 0 Å². The van der Waals surface area contributed by atoms with Gasteiger partial charge in [0.25, 0.3) is 0 Å². The second-order valence-electron chi connectivity index (χ2n) is 19.3. The molecule has 0 aliphatic rings. The van der Waals surface area contributed by atoms with Gasteiger partial charge in [-0.1, -0.05) is 231 Å². The summed E-state index contributed by atoms with van der Waals surface area (Å²) in [5, 5.41) is 15.9. The van der Waals surface area contributed by atoms with Gasteiger partial charge in [0, 0.05) is 38.2 Å². The average Bonchev–Trinajstić information content (AvgIpc) is 4.04. The standard InChI is InChI=1S/C72H46N4/c73-47-48-43-68(75-64-39-19-17-35-60(64)71-58(37-21-41-66(71)75)56-33-15-13-31-54(56)49-23-5-1-6-24-49)70(53-45-62(51-27-9-3-10-28-51)74-63(46-53)52-29-11-4-12-30-52)69(44-48)76-65-40-20-18-36-61(65)72-59(38-22-42-67(72)76)57-34-16-14-32-55(57)50-25-7-2-8-26-50/h1-46H. The van der Waals surface area contributed by atoms with Gasteiger partial charge < -0.3 is 9.13 Å². The molecule has 0 fully saturated rings. The van der Waals surface area contributed by atoms with Crippen LogP contribution in [-0.2, 0) is 0 Å². The van der Waals surface area contributed by atoms with Gasteiger partial charge >= 0.3 is 0 Å². The molecule has 0 aliphatic heterocycles. The highest BCUT2D eigenvalue weighted by molar-refractivity contribution is 6.19. The van der Waals surface area contributed by atoms with Gasteiger partial charge in [-0.25, -0.2) is 4.98 Å². The van der Waals surface area contributed by atoms with Crippen molar-refractivity contribution in [2.75, 3.05) is 0 Å². The van der Waals surface area contributed by atoms with Gasteiger partial charge in [-0.05, 0) is 98.6 Å². The molecule has 76 heavy (non-hydrogen) atoms. The number of fused-ring (bicyclic) bond motifs is 6. The lowest BCUT2D eigenvalue weighted by Gasteiger charge is -2.22. The number of benzene rings is 11. The molecule has 0 saturated heterocycles. The molecule has 354 valence electrons. The van der Waals surface area contributed by atoms with Crippen LogP contribution in [0.1, 0.15) is 5.56 Å². The number of nitriles is 1. The smallest absolute Gasteiger partial charge is 0.0993 e. The van der Waals surface area contributed by atoms with E-state index < -0.39 is 0 Å². The maximum absolute atomic E-state index is 11.4. The maximum Gasteiger partial charge on any atom is 0.0993 e. The Balaban J connectivity index is 1.13. The molecule has 3 heterocycles. The lowest BCUT2D eigenvalue weighted by Crippen LogP contribution is -2.06. The number of nitrogens with zero attached hydrogens (tertiary/aromatic N) is 4. The molecule has 0 saturated carbocycles. The summed E-state index contributed by atoms with van der Waals surface area (Å²) >= 11 is 0. The Labute approximate surface area is 440 Å². The fourth-order valence-electron chi connectivity index (χ4n) is 11.7. The van der Waals surface area contributed by atoms with Gasteiger partial charge in [-0.3, -0.25) is 0 Å². The first kappa shape index (κ1) is 44.4. The van der Waals surface area contributed by atoms with E-state index in [9.17, 15) is 5.26 Å². The highest BCUT2D eigenvalue weighted by Crippen LogP contribution is 2.48. The third-order valence-electron chi connectivity index (χ3n) is 15.0. The van der Waals surface area contributed by atoms with E-state index in [1.54, 1.807) is 0 Å². The Hall–Kier alpha value is -10.3. The van der Waals surface area contributed by atoms with E-state index in [1.165, 1.54) is 0 Å². The van der Waals surface area contributed by atoms with Crippen LogP contribution >= 0.6 is 0 Å². The van der Waals surface area contributed by atoms with Crippen molar-refractivity contribution in [2.24, 2.45) is 0 Å². The molecule has 14 rings (SSSR count). The lowest BCUT2D eigenvalue weighted by molar-refractivity contribution is 1.13. The summed E-state index contributed by atoms with van der Waals surface area (Å²) in [6, 6.07) is 102. The Morgan fingerprint density at radius 3 is 1.05 bits per heavy atom. The number of hydrogen-bond acceptors (Lipinski definition) is 2. The van der Waals surface area contributed by atoms with Gasteiger partial charge in [0.1, 0.15) is 0 Å². The molecular formula is C72H46N4. The Morgan fingerprint density at radius 2 is 0.632 bits per heavy atom.